The molecule has 0 saturated carbocycles. The number of hydrogen-bond donors (Lipinski definition) is 2. The van der Waals surface area contributed by atoms with Crippen LogP contribution in [0, 0.1) is 19.7 Å². The Morgan fingerprint density at radius 3 is 2.59 bits per heavy atom. The van der Waals surface area contributed by atoms with Crippen LogP contribution >= 0.6 is 0 Å². The maximum Gasteiger partial charge on any atom is 0.214 e. The molecule has 0 amide bonds. The molecule has 27 heavy (non-hydrogen) atoms. The molecule has 148 valence electrons. The highest BCUT2D eigenvalue weighted by Crippen LogP contribution is 2.15. The number of hydrogen-bond acceptors (Lipinski definition) is 5. The van der Waals surface area contributed by atoms with Crippen molar-refractivity contribution in [2.45, 2.75) is 39.6 Å². The molecule has 2 N–H and O–H groups in total. The van der Waals surface area contributed by atoms with Gasteiger partial charge in [0.1, 0.15) is 11.6 Å². The molecule has 2 rings (SSSR count). The zero-order valence-electron chi connectivity index (χ0n) is 16.0. The number of rotatable bonds is 7. The van der Waals surface area contributed by atoms with Crippen molar-refractivity contribution in [3.8, 4) is 0 Å². The Hall–Kier alpha value is -2.42. The molecule has 9 heteroatoms. The lowest BCUT2D eigenvalue weighted by Gasteiger charge is -2.11. The van der Waals surface area contributed by atoms with Crippen LogP contribution in [0.4, 0.5) is 4.39 Å². The highest BCUT2D eigenvalue weighted by atomic mass is 32.2. The lowest BCUT2D eigenvalue weighted by molar-refractivity contribution is 0.463. The third-order valence-electron chi connectivity index (χ3n) is 3.82. The van der Waals surface area contributed by atoms with Gasteiger partial charge in [0.15, 0.2) is 15.8 Å². The summed E-state index contributed by atoms with van der Waals surface area (Å²) in [7, 11) is -3.23. The van der Waals surface area contributed by atoms with Gasteiger partial charge in [-0.05, 0) is 44.0 Å². The van der Waals surface area contributed by atoms with E-state index in [0.29, 0.717) is 36.1 Å². The van der Waals surface area contributed by atoms with E-state index in [1.54, 1.807) is 0 Å². The van der Waals surface area contributed by atoms with E-state index in [1.807, 2.05) is 20.8 Å². The van der Waals surface area contributed by atoms with E-state index in [9.17, 15) is 12.8 Å². The van der Waals surface area contributed by atoms with Gasteiger partial charge in [-0.2, -0.15) is 0 Å². The summed E-state index contributed by atoms with van der Waals surface area (Å²) < 4.78 is 42.3. The number of aryl methyl sites for hydroxylation is 2. The smallest absolute Gasteiger partial charge is 0.214 e. The Labute approximate surface area is 159 Å². The van der Waals surface area contributed by atoms with Crippen molar-refractivity contribution in [1.29, 1.82) is 0 Å². The molecule has 1 aromatic carbocycles. The highest BCUT2D eigenvalue weighted by molar-refractivity contribution is 7.89. The number of aromatic nitrogens is 1. The van der Waals surface area contributed by atoms with E-state index in [4.69, 9.17) is 4.42 Å². The van der Waals surface area contributed by atoms with Crippen LogP contribution in [0.15, 0.2) is 27.6 Å². The molecule has 0 bridgehead atoms. The van der Waals surface area contributed by atoms with E-state index in [0.717, 1.165) is 17.7 Å². The van der Waals surface area contributed by atoms with E-state index in [1.165, 1.54) is 18.2 Å². The average Bonchev–Trinajstić information content (AvgIpc) is 2.89. The first-order valence-corrected chi connectivity index (χ1v) is 10.6. The molecule has 0 saturated heterocycles. The van der Waals surface area contributed by atoms with E-state index >= 15 is 0 Å². The summed E-state index contributed by atoms with van der Waals surface area (Å²) in [4.78, 5) is 8.72. The number of guanidine groups is 1. The maximum atomic E-state index is 13.6. The zero-order valence-corrected chi connectivity index (χ0v) is 16.8. The Morgan fingerprint density at radius 1 is 1.26 bits per heavy atom. The Balaban J connectivity index is 2.14. The molecule has 0 aliphatic carbocycles. The summed E-state index contributed by atoms with van der Waals surface area (Å²) in [6, 6.07) is 4.05. The molecule has 0 radical (unpaired) electrons. The number of oxazole rings is 1. The maximum absolute atomic E-state index is 13.6. The van der Waals surface area contributed by atoms with Gasteiger partial charge in [0, 0.05) is 12.8 Å². The van der Waals surface area contributed by atoms with Gasteiger partial charge in [0.05, 0.1) is 24.5 Å². The molecule has 1 heterocycles. The lowest BCUT2D eigenvalue weighted by Crippen LogP contribution is -2.36. The topological polar surface area (TPSA) is 96.6 Å². The number of nitrogens with one attached hydrogen (secondary N) is 2. The van der Waals surface area contributed by atoms with Crippen LogP contribution in [0.5, 0.6) is 0 Å². The van der Waals surface area contributed by atoms with Crippen LogP contribution in [0.25, 0.3) is 0 Å². The van der Waals surface area contributed by atoms with Gasteiger partial charge in [-0.3, -0.25) is 0 Å². The predicted molar refractivity (Wildman–Crippen MR) is 103 cm³/mol. The number of nitrogens with zero attached hydrogens (tertiary/aromatic N) is 2. The second-order valence-corrected chi connectivity index (χ2v) is 8.42. The molecule has 0 fully saturated rings. The summed E-state index contributed by atoms with van der Waals surface area (Å²) in [5.74, 6) is 1.22. The van der Waals surface area contributed by atoms with Crippen LogP contribution in [0.2, 0.25) is 0 Å². The van der Waals surface area contributed by atoms with Crippen LogP contribution in [0.3, 0.4) is 0 Å². The molecule has 1 aromatic heterocycles. The quantitative estimate of drug-likeness (QED) is 0.550. The van der Waals surface area contributed by atoms with Gasteiger partial charge >= 0.3 is 0 Å². The van der Waals surface area contributed by atoms with Crippen LogP contribution in [-0.2, 0) is 28.7 Å². The van der Waals surface area contributed by atoms with Crippen molar-refractivity contribution in [1.82, 2.24) is 15.6 Å². The average molecular weight is 396 g/mol. The van der Waals surface area contributed by atoms with Crippen molar-refractivity contribution in [2.24, 2.45) is 4.99 Å². The van der Waals surface area contributed by atoms with Gasteiger partial charge in [0.2, 0.25) is 5.89 Å². The monoisotopic (exact) mass is 396 g/mol. The van der Waals surface area contributed by atoms with E-state index < -0.39 is 15.7 Å². The summed E-state index contributed by atoms with van der Waals surface area (Å²) in [6.45, 7) is 6.76. The molecule has 0 aliphatic heterocycles. The summed E-state index contributed by atoms with van der Waals surface area (Å²) in [6.07, 6.45) is 1.15. The van der Waals surface area contributed by atoms with E-state index in [2.05, 4.69) is 20.6 Å². The first-order valence-electron chi connectivity index (χ1n) is 8.58. The standard InChI is InChI=1S/C18H25FN4O3S/c1-5-20-18(22-10-17-23-12(2)13(3)26-17)21-9-15-8-16(19)7-6-14(15)11-27(4,24)25/h6-8H,5,9-11H2,1-4H3,(H2,20,21,22). The third-order valence-corrected chi connectivity index (χ3v) is 4.65. The molecule has 0 atom stereocenters. The van der Waals surface area contributed by atoms with E-state index in [-0.39, 0.29) is 12.3 Å². The number of halogens is 1. The molecule has 2 aromatic rings. The van der Waals surface area contributed by atoms with Gasteiger partial charge in [0.25, 0.3) is 0 Å². The first-order chi connectivity index (χ1) is 12.7. The SMILES string of the molecule is CCNC(=NCc1cc(F)ccc1CS(C)(=O)=O)NCc1nc(C)c(C)o1. The molecule has 0 aliphatic rings. The van der Waals surface area contributed by atoms with Crippen molar-refractivity contribution < 1.29 is 17.2 Å². The van der Waals surface area contributed by atoms with Crippen molar-refractivity contribution in [3.63, 3.8) is 0 Å². The normalized spacial score (nSPS) is 12.3. The lowest BCUT2D eigenvalue weighted by atomic mass is 10.1. The number of aliphatic imine (C=N–C) groups is 1. The highest BCUT2D eigenvalue weighted by Gasteiger charge is 2.11. The first kappa shape index (κ1) is 20.9. The Morgan fingerprint density at radius 2 is 2.00 bits per heavy atom. The largest absolute Gasteiger partial charge is 0.444 e. The van der Waals surface area contributed by atoms with Crippen LogP contribution < -0.4 is 10.6 Å². The minimum Gasteiger partial charge on any atom is -0.444 e. The molecule has 7 nitrogen and oxygen atoms in total. The van der Waals surface area contributed by atoms with Gasteiger partial charge in [-0.15, -0.1) is 0 Å². The summed E-state index contributed by atoms with van der Waals surface area (Å²) >= 11 is 0. The molecule has 0 unspecified atom stereocenters. The minimum absolute atomic E-state index is 0.140. The minimum atomic E-state index is -3.23. The van der Waals surface area contributed by atoms with Crippen molar-refractivity contribution in [3.05, 3.63) is 52.5 Å². The fourth-order valence-electron chi connectivity index (χ4n) is 2.45. The Bertz CT molecular complexity index is 903. The van der Waals surface area contributed by atoms with Gasteiger partial charge in [-0.25, -0.2) is 22.8 Å². The summed E-state index contributed by atoms with van der Waals surface area (Å²) in [5, 5.41) is 6.19. The summed E-state index contributed by atoms with van der Waals surface area (Å²) in [5.41, 5.74) is 1.90. The fraction of sp³-hybridized carbons (Fsp3) is 0.444. The zero-order chi connectivity index (χ0) is 20.0. The molecular weight excluding hydrogens is 371 g/mol. The number of benzene rings is 1. The fourth-order valence-corrected chi connectivity index (χ4v) is 3.29. The van der Waals surface area contributed by atoms with Crippen molar-refractivity contribution >= 4 is 15.8 Å². The van der Waals surface area contributed by atoms with Gasteiger partial charge < -0.3 is 15.1 Å². The molecular formula is C18H25FN4O3S. The second kappa shape index (κ2) is 8.98. The predicted octanol–water partition coefficient (Wildman–Crippen LogP) is 2.23. The Kier molecular flexibility index (Phi) is 6.95. The third kappa shape index (κ3) is 6.67. The second-order valence-electron chi connectivity index (χ2n) is 6.28. The van der Waals surface area contributed by atoms with Crippen LogP contribution in [0.1, 0.15) is 35.4 Å². The number of sulfone groups is 1. The van der Waals surface area contributed by atoms with Gasteiger partial charge in [-0.1, -0.05) is 6.07 Å². The van der Waals surface area contributed by atoms with Crippen molar-refractivity contribution in [2.75, 3.05) is 12.8 Å². The van der Waals surface area contributed by atoms with Crippen LogP contribution in [-0.4, -0.2) is 32.2 Å². The molecule has 0 spiro atoms.